The highest BCUT2D eigenvalue weighted by atomic mass is 35.5. The van der Waals surface area contributed by atoms with E-state index in [2.05, 4.69) is 39.0 Å². The van der Waals surface area contributed by atoms with Gasteiger partial charge in [0.25, 0.3) is 0 Å². The first-order chi connectivity index (χ1) is 12.8. The van der Waals surface area contributed by atoms with Crippen LogP contribution in [0.4, 0.5) is 11.8 Å². The fourth-order valence-corrected chi connectivity index (χ4v) is 3.85. The topological polar surface area (TPSA) is 97.0 Å². The Balaban J connectivity index is 1.94. The minimum atomic E-state index is -0.0699. The monoisotopic (exact) mass is 388 g/mol. The summed E-state index contributed by atoms with van der Waals surface area (Å²) in [6.45, 7) is 9.95. The van der Waals surface area contributed by atoms with Crippen LogP contribution in [0.25, 0.3) is 0 Å². The van der Waals surface area contributed by atoms with Crippen molar-refractivity contribution in [3.63, 3.8) is 0 Å². The number of rotatable bonds is 5. The van der Waals surface area contributed by atoms with Gasteiger partial charge in [-0.3, -0.25) is 9.78 Å². The summed E-state index contributed by atoms with van der Waals surface area (Å²) in [4.78, 5) is 27.3. The van der Waals surface area contributed by atoms with Crippen LogP contribution in [0.2, 0.25) is 5.15 Å². The first-order valence-electron chi connectivity index (χ1n) is 9.08. The number of hydrogen-bond donors (Lipinski definition) is 2. The Hall–Kier alpha value is -2.41. The van der Waals surface area contributed by atoms with Crippen LogP contribution in [-0.2, 0) is 11.3 Å². The van der Waals surface area contributed by atoms with Gasteiger partial charge in [-0.2, -0.15) is 4.98 Å². The lowest BCUT2D eigenvalue weighted by molar-refractivity contribution is -0.121. The number of hydrogen-bond acceptors (Lipinski definition) is 6. The molecule has 1 unspecified atom stereocenters. The number of nitrogen functional groups attached to an aromatic ring is 1. The molecule has 0 bridgehead atoms. The summed E-state index contributed by atoms with van der Waals surface area (Å²) in [6, 6.07) is 0. The van der Waals surface area contributed by atoms with Crippen molar-refractivity contribution < 1.29 is 4.79 Å². The fourth-order valence-electron chi connectivity index (χ4n) is 3.53. The molecule has 2 aromatic heterocycles. The first-order valence-corrected chi connectivity index (χ1v) is 9.45. The van der Waals surface area contributed by atoms with Crippen LogP contribution < -0.4 is 16.0 Å². The lowest BCUT2D eigenvalue weighted by Gasteiger charge is -2.21. The van der Waals surface area contributed by atoms with Crippen LogP contribution in [0.3, 0.4) is 0 Å². The molecule has 1 atom stereocenters. The number of aryl methyl sites for hydroxylation is 1. The van der Waals surface area contributed by atoms with Gasteiger partial charge in [0.2, 0.25) is 11.9 Å². The molecule has 0 aromatic carbocycles. The molecule has 1 aliphatic rings. The van der Waals surface area contributed by atoms with E-state index in [-0.39, 0.29) is 17.8 Å². The maximum Gasteiger partial charge on any atom is 0.223 e. The van der Waals surface area contributed by atoms with Crippen molar-refractivity contribution >= 4 is 29.3 Å². The number of carbonyl (C=O) groups is 1. The average molecular weight is 389 g/mol. The molecule has 144 valence electrons. The van der Waals surface area contributed by atoms with Crippen molar-refractivity contribution in [3.8, 4) is 0 Å². The van der Waals surface area contributed by atoms with Crippen molar-refractivity contribution in [1.29, 1.82) is 0 Å². The summed E-state index contributed by atoms with van der Waals surface area (Å²) in [7, 11) is 0. The maximum atomic E-state index is 12.1. The van der Waals surface area contributed by atoms with Crippen molar-refractivity contribution in [2.45, 2.75) is 46.6 Å². The molecular weight excluding hydrogens is 364 g/mol. The zero-order valence-corrected chi connectivity index (χ0v) is 16.9. The van der Waals surface area contributed by atoms with Gasteiger partial charge in [0.1, 0.15) is 11.0 Å². The van der Waals surface area contributed by atoms with E-state index in [1.165, 1.54) is 11.1 Å². The normalized spacial score (nSPS) is 15.7. The summed E-state index contributed by atoms with van der Waals surface area (Å²) in [5, 5.41) is 3.17. The molecule has 3 N–H and O–H groups in total. The number of aromatic nitrogens is 3. The molecule has 27 heavy (non-hydrogen) atoms. The number of nitrogens with one attached hydrogen (secondary N) is 1. The molecule has 1 amide bonds. The number of nitrogens with two attached hydrogens (primary N) is 1. The Morgan fingerprint density at radius 3 is 2.78 bits per heavy atom. The van der Waals surface area contributed by atoms with E-state index < -0.39 is 0 Å². The highest BCUT2D eigenvalue weighted by Crippen LogP contribution is 2.41. The van der Waals surface area contributed by atoms with Crippen molar-refractivity contribution in [2.75, 3.05) is 23.7 Å². The largest absolute Gasteiger partial charge is 0.368 e. The highest BCUT2D eigenvalue weighted by Gasteiger charge is 2.35. The number of amides is 1. The minimum Gasteiger partial charge on any atom is -0.368 e. The molecule has 0 saturated carbocycles. The third-order valence-electron chi connectivity index (χ3n) is 5.21. The van der Waals surface area contributed by atoms with Gasteiger partial charge in [0.05, 0.1) is 0 Å². The van der Waals surface area contributed by atoms with Gasteiger partial charge in [-0.25, -0.2) is 4.98 Å². The highest BCUT2D eigenvalue weighted by molar-refractivity contribution is 6.30. The molecule has 3 heterocycles. The zero-order valence-electron chi connectivity index (χ0n) is 16.1. The van der Waals surface area contributed by atoms with Crippen LogP contribution in [0.5, 0.6) is 0 Å². The molecule has 3 rings (SSSR count). The summed E-state index contributed by atoms with van der Waals surface area (Å²) >= 11 is 6.37. The van der Waals surface area contributed by atoms with Gasteiger partial charge in [0.15, 0.2) is 0 Å². The second-order valence-corrected chi connectivity index (χ2v) is 7.32. The molecule has 1 aliphatic heterocycles. The molecule has 0 saturated heterocycles. The number of carbonyl (C=O) groups excluding carboxylic acids is 1. The third-order valence-corrected chi connectivity index (χ3v) is 5.50. The number of anilines is 2. The Labute approximate surface area is 164 Å². The second kappa shape index (κ2) is 7.68. The predicted octanol–water partition coefficient (Wildman–Crippen LogP) is 2.66. The predicted molar refractivity (Wildman–Crippen MR) is 107 cm³/mol. The number of pyridine rings is 1. The van der Waals surface area contributed by atoms with Crippen molar-refractivity contribution in [1.82, 2.24) is 20.3 Å². The fraction of sp³-hybridized carbons (Fsp3) is 0.474. The number of nitrogens with zero attached hydrogens (tertiary/aromatic N) is 4. The molecule has 0 spiro atoms. The van der Waals surface area contributed by atoms with Gasteiger partial charge in [-0.15, -0.1) is 0 Å². The SMILES string of the molecule is CCNC(=O)CC1CN(Cc2cnc(C)c(C)c2C)c2nc(N)nc(Cl)c21. The van der Waals surface area contributed by atoms with Crippen LogP contribution in [-0.4, -0.2) is 33.9 Å². The van der Waals surface area contributed by atoms with E-state index >= 15 is 0 Å². The van der Waals surface area contributed by atoms with E-state index in [0.717, 1.165) is 16.8 Å². The van der Waals surface area contributed by atoms with Gasteiger partial charge in [0, 0.05) is 49.4 Å². The summed E-state index contributed by atoms with van der Waals surface area (Å²) < 4.78 is 0. The van der Waals surface area contributed by atoms with Gasteiger partial charge < -0.3 is 16.0 Å². The van der Waals surface area contributed by atoms with Crippen molar-refractivity contribution in [3.05, 3.63) is 39.3 Å². The minimum absolute atomic E-state index is 0.00720. The third kappa shape index (κ3) is 3.83. The van der Waals surface area contributed by atoms with E-state index in [9.17, 15) is 4.79 Å². The zero-order chi connectivity index (χ0) is 19.7. The summed E-state index contributed by atoms with van der Waals surface area (Å²) in [5.41, 5.74) is 11.2. The average Bonchev–Trinajstić information content (AvgIpc) is 2.93. The van der Waals surface area contributed by atoms with Crippen LogP contribution >= 0.6 is 11.6 Å². The Morgan fingerprint density at radius 1 is 1.33 bits per heavy atom. The first kappa shape index (κ1) is 19.4. The quantitative estimate of drug-likeness (QED) is 0.764. The van der Waals surface area contributed by atoms with Crippen LogP contribution in [0, 0.1) is 20.8 Å². The van der Waals surface area contributed by atoms with E-state index in [0.29, 0.717) is 37.0 Å². The molecule has 2 aromatic rings. The molecule has 0 fully saturated rings. The Bertz CT molecular complexity index is 885. The van der Waals surface area contributed by atoms with Crippen molar-refractivity contribution in [2.24, 2.45) is 0 Å². The Morgan fingerprint density at radius 2 is 2.07 bits per heavy atom. The molecular formula is C19H25ClN6O. The molecule has 7 nitrogen and oxygen atoms in total. The standard InChI is InChI=1S/C19H25ClN6O/c1-5-22-15(27)6-13-8-26(18-16(13)17(20)24-19(21)25-18)9-14-7-23-12(4)10(2)11(14)3/h7,13H,5-6,8-9H2,1-4H3,(H,22,27)(H2,21,24,25). The van der Waals surface area contributed by atoms with E-state index in [1.54, 1.807) is 0 Å². The van der Waals surface area contributed by atoms with Gasteiger partial charge >= 0.3 is 0 Å². The Kier molecular flexibility index (Phi) is 5.51. The van der Waals surface area contributed by atoms with Gasteiger partial charge in [-0.1, -0.05) is 11.6 Å². The van der Waals surface area contributed by atoms with E-state index in [1.807, 2.05) is 20.0 Å². The number of fused-ring (bicyclic) bond motifs is 1. The lowest BCUT2D eigenvalue weighted by Crippen LogP contribution is -2.27. The number of halogens is 1. The summed E-state index contributed by atoms with van der Waals surface area (Å²) in [5.74, 6) is 0.767. The molecule has 8 heteroatoms. The second-order valence-electron chi connectivity index (χ2n) is 6.96. The maximum absolute atomic E-state index is 12.1. The van der Waals surface area contributed by atoms with Crippen LogP contribution in [0.15, 0.2) is 6.20 Å². The smallest absolute Gasteiger partial charge is 0.223 e. The molecule has 0 aliphatic carbocycles. The summed E-state index contributed by atoms with van der Waals surface area (Å²) in [6.07, 6.45) is 2.25. The molecule has 0 radical (unpaired) electrons. The van der Waals surface area contributed by atoms with E-state index in [4.69, 9.17) is 17.3 Å². The van der Waals surface area contributed by atoms with Gasteiger partial charge in [-0.05, 0) is 44.4 Å². The lowest BCUT2D eigenvalue weighted by atomic mass is 10.00. The van der Waals surface area contributed by atoms with Crippen LogP contribution in [0.1, 0.15) is 47.2 Å².